The maximum absolute atomic E-state index is 12.1. The number of fused-ring (bicyclic) bond motifs is 1. The summed E-state index contributed by atoms with van der Waals surface area (Å²) in [6.45, 7) is 2.31. The van der Waals surface area contributed by atoms with Crippen molar-refractivity contribution in [1.29, 1.82) is 0 Å². The topological polar surface area (TPSA) is 80.5 Å². The summed E-state index contributed by atoms with van der Waals surface area (Å²) >= 11 is 0. The molecule has 0 fully saturated rings. The second kappa shape index (κ2) is 6.99. The van der Waals surface area contributed by atoms with Gasteiger partial charge in [0.25, 0.3) is 0 Å². The first-order valence-corrected chi connectivity index (χ1v) is 7.64. The Bertz CT molecular complexity index is 828. The Morgan fingerprint density at radius 2 is 2.00 bits per heavy atom. The Kier molecular flexibility index (Phi) is 4.60. The molecule has 3 aromatic rings. The van der Waals surface area contributed by atoms with Crippen LogP contribution in [0.3, 0.4) is 0 Å². The molecule has 1 unspecified atom stereocenters. The fourth-order valence-electron chi connectivity index (χ4n) is 2.39. The summed E-state index contributed by atoms with van der Waals surface area (Å²) in [4.78, 5) is 12.1. The summed E-state index contributed by atoms with van der Waals surface area (Å²) in [7, 11) is 1.62. The Morgan fingerprint density at radius 1 is 1.21 bits per heavy atom. The number of nitrogens with zero attached hydrogens (tertiary/aromatic N) is 3. The number of aromatic nitrogens is 3. The molecule has 124 valence electrons. The molecule has 7 heteroatoms. The van der Waals surface area contributed by atoms with E-state index in [4.69, 9.17) is 4.74 Å². The number of hydrogen-bond acceptors (Lipinski definition) is 4. The van der Waals surface area contributed by atoms with Gasteiger partial charge in [-0.1, -0.05) is 18.2 Å². The number of pyridine rings is 1. The molecule has 1 aromatic carbocycles. The Labute approximate surface area is 139 Å². The highest BCUT2D eigenvalue weighted by molar-refractivity contribution is 5.74. The van der Waals surface area contributed by atoms with Gasteiger partial charge in [0.1, 0.15) is 5.75 Å². The fourth-order valence-corrected chi connectivity index (χ4v) is 2.39. The first kappa shape index (κ1) is 15.8. The highest BCUT2D eigenvalue weighted by Gasteiger charge is 2.15. The van der Waals surface area contributed by atoms with E-state index in [1.165, 1.54) is 0 Å². The van der Waals surface area contributed by atoms with Gasteiger partial charge < -0.3 is 15.4 Å². The second-order valence-electron chi connectivity index (χ2n) is 5.38. The number of carbonyl (C=O) groups excluding carboxylic acids is 1. The number of ether oxygens (including phenoxy) is 1. The third-order valence-electron chi connectivity index (χ3n) is 3.69. The molecule has 3 rings (SSSR count). The van der Waals surface area contributed by atoms with Gasteiger partial charge in [-0.15, -0.1) is 10.2 Å². The van der Waals surface area contributed by atoms with Crippen molar-refractivity contribution >= 4 is 11.7 Å². The van der Waals surface area contributed by atoms with E-state index >= 15 is 0 Å². The van der Waals surface area contributed by atoms with E-state index in [1.807, 2.05) is 60.0 Å². The predicted molar refractivity (Wildman–Crippen MR) is 89.8 cm³/mol. The van der Waals surface area contributed by atoms with Crippen LogP contribution in [0.5, 0.6) is 5.75 Å². The van der Waals surface area contributed by atoms with Gasteiger partial charge in [-0.25, -0.2) is 4.79 Å². The summed E-state index contributed by atoms with van der Waals surface area (Å²) in [5.74, 6) is 1.47. The molecule has 0 saturated heterocycles. The van der Waals surface area contributed by atoms with Gasteiger partial charge >= 0.3 is 6.03 Å². The highest BCUT2D eigenvalue weighted by atomic mass is 16.5. The Balaban J connectivity index is 1.57. The van der Waals surface area contributed by atoms with Crippen LogP contribution in [-0.4, -0.2) is 27.7 Å². The van der Waals surface area contributed by atoms with Crippen molar-refractivity contribution in [3.05, 3.63) is 60.0 Å². The van der Waals surface area contributed by atoms with Crippen LogP contribution in [0, 0.1) is 0 Å². The minimum absolute atomic E-state index is 0.258. The summed E-state index contributed by atoms with van der Waals surface area (Å²) in [6, 6.07) is 12.7. The van der Waals surface area contributed by atoms with Gasteiger partial charge in [0.05, 0.1) is 13.2 Å². The molecule has 0 bridgehead atoms. The molecular weight excluding hydrogens is 306 g/mol. The molecule has 0 radical (unpaired) electrons. The molecule has 0 spiro atoms. The van der Waals surface area contributed by atoms with Crippen molar-refractivity contribution in [1.82, 2.24) is 25.2 Å². The second-order valence-corrected chi connectivity index (χ2v) is 5.38. The van der Waals surface area contributed by atoms with Gasteiger partial charge in [0, 0.05) is 12.7 Å². The normalized spacial score (nSPS) is 11.9. The minimum Gasteiger partial charge on any atom is -0.497 e. The smallest absolute Gasteiger partial charge is 0.315 e. The summed E-state index contributed by atoms with van der Waals surface area (Å²) in [5, 5.41) is 13.9. The van der Waals surface area contributed by atoms with E-state index in [0.29, 0.717) is 12.4 Å². The van der Waals surface area contributed by atoms with Crippen LogP contribution in [0.25, 0.3) is 5.65 Å². The molecule has 2 aromatic heterocycles. The van der Waals surface area contributed by atoms with Crippen LogP contribution in [0.4, 0.5) is 4.79 Å². The third kappa shape index (κ3) is 3.45. The van der Waals surface area contributed by atoms with E-state index in [2.05, 4.69) is 20.8 Å². The van der Waals surface area contributed by atoms with E-state index in [9.17, 15) is 4.79 Å². The largest absolute Gasteiger partial charge is 0.497 e. The molecule has 0 saturated carbocycles. The Hall–Kier alpha value is -3.09. The number of nitrogens with one attached hydrogen (secondary N) is 2. The van der Waals surface area contributed by atoms with Crippen LogP contribution < -0.4 is 15.4 Å². The quantitative estimate of drug-likeness (QED) is 0.754. The monoisotopic (exact) mass is 325 g/mol. The lowest BCUT2D eigenvalue weighted by molar-refractivity contribution is 0.237. The van der Waals surface area contributed by atoms with Crippen molar-refractivity contribution in [3.8, 4) is 5.75 Å². The molecule has 1 atom stereocenters. The number of hydrogen-bond donors (Lipinski definition) is 2. The standard InChI is InChI=1S/C17H19N5O2/c1-12(16-21-20-15-5-3-4-10-22(15)16)19-17(23)18-11-13-6-8-14(24-2)9-7-13/h3-10,12H,11H2,1-2H3,(H2,18,19,23). The average Bonchev–Trinajstić information content (AvgIpc) is 3.04. The number of urea groups is 1. The van der Waals surface area contributed by atoms with Crippen LogP contribution in [-0.2, 0) is 6.54 Å². The van der Waals surface area contributed by atoms with E-state index in [0.717, 1.165) is 17.0 Å². The molecule has 2 heterocycles. The third-order valence-corrected chi connectivity index (χ3v) is 3.69. The maximum Gasteiger partial charge on any atom is 0.315 e. The van der Waals surface area contributed by atoms with Crippen molar-refractivity contribution < 1.29 is 9.53 Å². The van der Waals surface area contributed by atoms with Gasteiger partial charge in [-0.05, 0) is 36.8 Å². The lowest BCUT2D eigenvalue weighted by atomic mass is 10.2. The van der Waals surface area contributed by atoms with Crippen LogP contribution in [0.15, 0.2) is 48.7 Å². The lowest BCUT2D eigenvalue weighted by Gasteiger charge is -2.13. The van der Waals surface area contributed by atoms with E-state index in [-0.39, 0.29) is 12.1 Å². The van der Waals surface area contributed by atoms with Gasteiger partial charge in [0.2, 0.25) is 0 Å². The van der Waals surface area contributed by atoms with Crippen LogP contribution in [0.1, 0.15) is 24.4 Å². The average molecular weight is 325 g/mol. The van der Waals surface area contributed by atoms with E-state index in [1.54, 1.807) is 7.11 Å². The van der Waals surface area contributed by atoms with Crippen LogP contribution >= 0.6 is 0 Å². The molecular formula is C17H19N5O2. The highest BCUT2D eigenvalue weighted by Crippen LogP contribution is 2.12. The summed E-state index contributed by atoms with van der Waals surface area (Å²) < 4.78 is 6.96. The zero-order valence-electron chi connectivity index (χ0n) is 13.6. The predicted octanol–water partition coefficient (Wildman–Crippen LogP) is 2.30. The van der Waals surface area contributed by atoms with Gasteiger partial charge in [-0.2, -0.15) is 0 Å². The molecule has 0 aliphatic rings. The van der Waals surface area contributed by atoms with Gasteiger partial charge in [0.15, 0.2) is 11.5 Å². The fraction of sp³-hybridized carbons (Fsp3) is 0.235. The van der Waals surface area contributed by atoms with Gasteiger partial charge in [-0.3, -0.25) is 4.40 Å². The number of methoxy groups -OCH3 is 1. The van der Waals surface area contributed by atoms with Crippen LogP contribution in [0.2, 0.25) is 0 Å². The van der Waals surface area contributed by atoms with Crippen molar-refractivity contribution in [2.45, 2.75) is 19.5 Å². The zero-order valence-corrected chi connectivity index (χ0v) is 13.6. The molecule has 2 amide bonds. The maximum atomic E-state index is 12.1. The first-order valence-electron chi connectivity index (χ1n) is 7.64. The SMILES string of the molecule is COc1ccc(CNC(=O)NC(C)c2nnc3ccccn23)cc1. The number of carbonyl (C=O) groups is 1. The summed E-state index contributed by atoms with van der Waals surface area (Å²) in [5.41, 5.74) is 1.74. The molecule has 2 N–H and O–H groups in total. The Morgan fingerprint density at radius 3 is 2.75 bits per heavy atom. The zero-order chi connectivity index (χ0) is 16.9. The minimum atomic E-state index is -0.265. The van der Waals surface area contributed by atoms with Crippen molar-refractivity contribution in [2.24, 2.45) is 0 Å². The number of rotatable bonds is 5. The summed E-state index contributed by atoms with van der Waals surface area (Å²) in [6.07, 6.45) is 1.87. The molecule has 0 aliphatic heterocycles. The number of benzene rings is 1. The first-order chi connectivity index (χ1) is 11.7. The van der Waals surface area contributed by atoms with E-state index < -0.39 is 0 Å². The number of amides is 2. The molecule has 7 nitrogen and oxygen atoms in total. The van der Waals surface area contributed by atoms with Crippen molar-refractivity contribution in [3.63, 3.8) is 0 Å². The molecule has 0 aliphatic carbocycles. The van der Waals surface area contributed by atoms with Crippen molar-refractivity contribution in [2.75, 3.05) is 7.11 Å². The lowest BCUT2D eigenvalue weighted by Crippen LogP contribution is -2.37. The molecule has 24 heavy (non-hydrogen) atoms.